The molecule has 0 aliphatic heterocycles. The molecule has 0 spiro atoms. The number of nitrogens with two attached hydrogens (primary N) is 1. The summed E-state index contributed by atoms with van der Waals surface area (Å²) in [6.07, 6.45) is 8.21. The van der Waals surface area contributed by atoms with Crippen molar-refractivity contribution >= 4 is 11.6 Å². The van der Waals surface area contributed by atoms with Gasteiger partial charge in [0.25, 0.3) is 0 Å². The fraction of sp³-hybridized carbons (Fsp3) is 0.615. The average Bonchev–Trinajstić information content (AvgIpc) is 2.68. The van der Waals surface area contributed by atoms with Crippen LogP contribution in [0.15, 0.2) is 18.5 Å². The summed E-state index contributed by atoms with van der Waals surface area (Å²) in [6.45, 7) is 2.31. The topological polar surface area (TPSA) is 38.9 Å². The van der Waals surface area contributed by atoms with E-state index in [9.17, 15) is 0 Å². The van der Waals surface area contributed by atoms with Crippen LogP contribution in [0, 0.1) is 11.8 Å². The molecule has 2 rings (SSSR count). The molecule has 1 aliphatic rings. The molecule has 3 atom stereocenters. The second kappa shape index (κ2) is 5.15. The maximum absolute atomic E-state index is 6.26. The lowest BCUT2D eigenvalue weighted by atomic mass is 9.92. The minimum atomic E-state index is 0.241. The molecule has 3 unspecified atom stereocenters. The van der Waals surface area contributed by atoms with Crippen LogP contribution in [0.25, 0.3) is 0 Å². The third-order valence-electron chi connectivity index (χ3n) is 3.65. The van der Waals surface area contributed by atoms with Gasteiger partial charge in [-0.25, -0.2) is 0 Å². The van der Waals surface area contributed by atoms with E-state index in [1.807, 2.05) is 6.07 Å². The van der Waals surface area contributed by atoms with Crippen LogP contribution in [-0.2, 0) is 6.42 Å². The van der Waals surface area contributed by atoms with Crippen LogP contribution in [0.4, 0.5) is 0 Å². The Morgan fingerprint density at radius 3 is 3.00 bits per heavy atom. The number of hydrogen-bond acceptors (Lipinski definition) is 2. The normalized spacial score (nSPS) is 26.9. The van der Waals surface area contributed by atoms with E-state index in [4.69, 9.17) is 17.3 Å². The van der Waals surface area contributed by atoms with E-state index in [1.165, 1.54) is 19.3 Å². The number of rotatable bonds is 3. The highest BCUT2D eigenvalue weighted by Crippen LogP contribution is 2.33. The zero-order chi connectivity index (χ0) is 11.5. The summed E-state index contributed by atoms with van der Waals surface area (Å²) in [5.41, 5.74) is 7.39. The predicted octanol–water partition coefficient (Wildman–Crippen LogP) is 3.04. The fourth-order valence-corrected chi connectivity index (χ4v) is 2.83. The van der Waals surface area contributed by atoms with Gasteiger partial charge < -0.3 is 5.73 Å². The number of aromatic nitrogens is 1. The summed E-state index contributed by atoms with van der Waals surface area (Å²) in [4.78, 5) is 3.99. The van der Waals surface area contributed by atoms with Crippen LogP contribution in [0.5, 0.6) is 0 Å². The molecule has 88 valence electrons. The molecular formula is C13H19ClN2. The highest BCUT2D eigenvalue weighted by atomic mass is 35.5. The molecule has 1 saturated carbocycles. The van der Waals surface area contributed by atoms with Gasteiger partial charge in [0.1, 0.15) is 0 Å². The van der Waals surface area contributed by atoms with Crippen molar-refractivity contribution in [3.8, 4) is 0 Å². The lowest BCUT2D eigenvalue weighted by Crippen LogP contribution is -2.31. The lowest BCUT2D eigenvalue weighted by molar-refractivity contribution is 0.415. The van der Waals surface area contributed by atoms with E-state index in [0.29, 0.717) is 5.92 Å². The number of hydrogen-bond donors (Lipinski definition) is 1. The van der Waals surface area contributed by atoms with E-state index in [2.05, 4.69) is 11.9 Å². The van der Waals surface area contributed by atoms with E-state index in [0.717, 1.165) is 22.9 Å². The van der Waals surface area contributed by atoms with Crippen molar-refractivity contribution in [3.63, 3.8) is 0 Å². The van der Waals surface area contributed by atoms with Gasteiger partial charge in [-0.15, -0.1) is 0 Å². The van der Waals surface area contributed by atoms with Crippen molar-refractivity contribution in [1.82, 2.24) is 4.98 Å². The van der Waals surface area contributed by atoms with Crippen molar-refractivity contribution in [3.05, 3.63) is 29.0 Å². The average molecular weight is 239 g/mol. The van der Waals surface area contributed by atoms with Gasteiger partial charge in [0, 0.05) is 18.4 Å². The van der Waals surface area contributed by atoms with Gasteiger partial charge in [0.05, 0.1) is 5.02 Å². The molecule has 3 heteroatoms. The number of pyridine rings is 1. The van der Waals surface area contributed by atoms with Crippen molar-refractivity contribution < 1.29 is 0 Å². The third-order valence-corrected chi connectivity index (χ3v) is 3.99. The summed E-state index contributed by atoms with van der Waals surface area (Å²) in [5.74, 6) is 1.50. The molecule has 2 N–H and O–H groups in total. The molecule has 2 nitrogen and oxygen atoms in total. The Balaban J connectivity index is 1.97. The SMILES string of the molecule is CC1CCC(C(N)Cc2ccncc2Cl)C1. The predicted molar refractivity (Wildman–Crippen MR) is 67.4 cm³/mol. The molecule has 0 amide bonds. The van der Waals surface area contributed by atoms with E-state index >= 15 is 0 Å². The Kier molecular flexibility index (Phi) is 3.82. The molecule has 1 aliphatic carbocycles. The van der Waals surface area contributed by atoms with Gasteiger partial charge in [-0.05, 0) is 42.7 Å². The molecule has 1 fully saturated rings. The number of halogens is 1. The maximum Gasteiger partial charge on any atom is 0.0621 e. The minimum absolute atomic E-state index is 0.241. The van der Waals surface area contributed by atoms with E-state index < -0.39 is 0 Å². The smallest absolute Gasteiger partial charge is 0.0621 e. The third kappa shape index (κ3) is 2.74. The molecular weight excluding hydrogens is 220 g/mol. The summed E-state index contributed by atoms with van der Waals surface area (Å²) < 4.78 is 0. The van der Waals surface area contributed by atoms with Crippen LogP contribution in [-0.4, -0.2) is 11.0 Å². The fourth-order valence-electron chi connectivity index (χ4n) is 2.63. The lowest BCUT2D eigenvalue weighted by Gasteiger charge is -2.19. The Labute approximate surface area is 102 Å². The molecule has 1 aromatic heterocycles. The second-order valence-corrected chi connectivity index (χ2v) is 5.42. The molecule has 0 bridgehead atoms. The van der Waals surface area contributed by atoms with E-state index in [1.54, 1.807) is 12.4 Å². The molecule has 16 heavy (non-hydrogen) atoms. The van der Waals surface area contributed by atoms with Crippen LogP contribution >= 0.6 is 11.6 Å². The largest absolute Gasteiger partial charge is 0.327 e. The summed E-state index contributed by atoms with van der Waals surface area (Å²) in [6, 6.07) is 2.21. The summed E-state index contributed by atoms with van der Waals surface area (Å²) in [5, 5.41) is 0.740. The first-order chi connectivity index (χ1) is 7.66. The van der Waals surface area contributed by atoms with Gasteiger partial charge in [-0.1, -0.05) is 24.9 Å². The van der Waals surface area contributed by atoms with Gasteiger partial charge in [0.15, 0.2) is 0 Å². The zero-order valence-electron chi connectivity index (χ0n) is 9.70. The molecule has 1 heterocycles. The first kappa shape index (κ1) is 11.9. The number of nitrogens with zero attached hydrogens (tertiary/aromatic N) is 1. The van der Waals surface area contributed by atoms with Gasteiger partial charge in [-0.2, -0.15) is 0 Å². The second-order valence-electron chi connectivity index (χ2n) is 5.01. The first-order valence-corrected chi connectivity index (χ1v) is 6.38. The highest BCUT2D eigenvalue weighted by Gasteiger charge is 2.26. The summed E-state index contributed by atoms with van der Waals surface area (Å²) in [7, 11) is 0. The van der Waals surface area contributed by atoms with Crippen molar-refractivity contribution in [2.24, 2.45) is 17.6 Å². The quantitative estimate of drug-likeness (QED) is 0.879. The van der Waals surface area contributed by atoms with Crippen molar-refractivity contribution in [2.75, 3.05) is 0 Å². The van der Waals surface area contributed by atoms with E-state index in [-0.39, 0.29) is 6.04 Å². The van der Waals surface area contributed by atoms with Crippen LogP contribution in [0.3, 0.4) is 0 Å². The van der Waals surface area contributed by atoms with Gasteiger partial charge in [-0.3, -0.25) is 4.98 Å². The minimum Gasteiger partial charge on any atom is -0.327 e. The Bertz CT molecular complexity index is 354. The van der Waals surface area contributed by atoms with Crippen LogP contribution in [0.2, 0.25) is 5.02 Å². The zero-order valence-corrected chi connectivity index (χ0v) is 10.5. The Hall–Kier alpha value is -0.600. The van der Waals surface area contributed by atoms with Gasteiger partial charge >= 0.3 is 0 Å². The molecule has 0 aromatic carbocycles. The molecule has 1 aromatic rings. The van der Waals surface area contributed by atoms with Crippen molar-refractivity contribution in [2.45, 2.75) is 38.6 Å². The first-order valence-electron chi connectivity index (χ1n) is 6.00. The monoisotopic (exact) mass is 238 g/mol. The summed E-state index contributed by atoms with van der Waals surface area (Å²) >= 11 is 6.09. The van der Waals surface area contributed by atoms with Crippen LogP contribution < -0.4 is 5.73 Å². The maximum atomic E-state index is 6.26. The van der Waals surface area contributed by atoms with Gasteiger partial charge in [0.2, 0.25) is 0 Å². The standard InChI is InChI=1S/C13H19ClN2/c1-9-2-3-11(6-9)13(15)7-10-4-5-16-8-12(10)14/h4-5,8-9,11,13H,2-3,6-7,15H2,1H3. The Morgan fingerprint density at radius 2 is 2.38 bits per heavy atom. The van der Waals surface area contributed by atoms with Crippen molar-refractivity contribution in [1.29, 1.82) is 0 Å². The highest BCUT2D eigenvalue weighted by molar-refractivity contribution is 6.31. The van der Waals surface area contributed by atoms with Crippen LogP contribution in [0.1, 0.15) is 31.7 Å². The molecule has 0 radical (unpaired) electrons. The Morgan fingerprint density at radius 1 is 1.56 bits per heavy atom. The molecule has 0 saturated heterocycles.